The average molecular weight is 509 g/mol. The number of carbonyl (C=O) groups is 2. The molecular formula is C26H36N8O3. The number of aromatic nitrogens is 2. The summed E-state index contributed by atoms with van der Waals surface area (Å²) in [5.74, 6) is 1.58. The minimum absolute atomic E-state index is 0.137. The van der Waals surface area contributed by atoms with Crippen molar-refractivity contribution in [2.75, 3.05) is 57.7 Å². The van der Waals surface area contributed by atoms with E-state index in [1.165, 1.54) is 10.1 Å². The molecule has 37 heavy (non-hydrogen) atoms. The Morgan fingerprint density at radius 1 is 1.03 bits per heavy atom. The van der Waals surface area contributed by atoms with Crippen molar-refractivity contribution in [3.05, 3.63) is 52.6 Å². The Labute approximate surface area is 216 Å². The molecule has 1 aromatic heterocycles. The third-order valence-corrected chi connectivity index (χ3v) is 7.53. The highest BCUT2D eigenvalue weighted by Gasteiger charge is 2.35. The minimum atomic E-state index is -0.941. The molecule has 4 N–H and O–H groups in total. The number of piperazine rings is 1. The maximum Gasteiger partial charge on any atom is 0.354 e. The van der Waals surface area contributed by atoms with Gasteiger partial charge in [0, 0.05) is 52.0 Å². The Bertz CT molecular complexity index is 1190. The number of anilines is 1. The number of benzene rings is 1. The molecule has 1 aromatic carbocycles. The van der Waals surface area contributed by atoms with Crippen LogP contribution in [0, 0.1) is 11.8 Å². The second kappa shape index (κ2) is 10.2. The Kier molecular flexibility index (Phi) is 7.02. The fourth-order valence-corrected chi connectivity index (χ4v) is 5.48. The molecule has 198 valence electrons. The van der Waals surface area contributed by atoms with Crippen LogP contribution in [0.2, 0.25) is 0 Å². The number of hydrogen-bond acceptors (Lipinski definition) is 7. The van der Waals surface area contributed by atoms with E-state index >= 15 is 0 Å². The summed E-state index contributed by atoms with van der Waals surface area (Å²) in [6, 6.07) is 9.23. The molecule has 5 rings (SSSR count). The van der Waals surface area contributed by atoms with Crippen molar-refractivity contribution >= 4 is 17.8 Å². The van der Waals surface area contributed by atoms with E-state index in [1.54, 1.807) is 35.9 Å². The predicted molar refractivity (Wildman–Crippen MR) is 140 cm³/mol. The van der Waals surface area contributed by atoms with Crippen LogP contribution < -0.4 is 22.1 Å². The van der Waals surface area contributed by atoms with Crippen LogP contribution >= 0.6 is 0 Å². The number of hydrogen-bond donors (Lipinski definition) is 3. The summed E-state index contributed by atoms with van der Waals surface area (Å²) in [5.41, 5.74) is 6.44. The van der Waals surface area contributed by atoms with Crippen molar-refractivity contribution in [1.29, 1.82) is 0 Å². The highest BCUT2D eigenvalue weighted by Crippen LogP contribution is 2.27. The summed E-state index contributed by atoms with van der Waals surface area (Å²) < 4.78 is 1.46. The smallest absolute Gasteiger partial charge is 0.338 e. The molecule has 0 aliphatic carbocycles. The molecule has 0 bridgehead atoms. The van der Waals surface area contributed by atoms with Gasteiger partial charge in [-0.05, 0) is 62.5 Å². The monoisotopic (exact) mass is 508 g/mol. The molecule has 0 spiro atoms. The first-order valence-electron chi connectivity index (χ1n) is 12.9. The quantitative estimate of drug-likeness (QED) is 0.530. The van der Waals surface area contributed by atoms with Crippen molar-refractivity contribution < 1.29 is 9.59 Å². The molecule has 3 amide bonds. The van der Waals surface area contributed by atoms with Crippen LogP contribution in [0.3, 0.4) is 0 Å². The van der Waals surface area contributed by atoms with E-state index in [0.29, 0.717) is 26.2 Å². The molecule has 11 nitrogen and oxygen atoms in total. The van der Waals surface area contributed by atoms with Crippen LogP contribution in [0.5, 0.6) is 0 Å². The van der Waals surface area contributed by atoms with Crippen LogP contribution in [0.15, 0.2) is 41.3 Å². The highest BCUT2D eigenvalue weighted by molar-refractivity contribution is 5.89. The van der Waals surface area contributed by atoms with Gasteiger partial charge in [-0.15, -0.1) is 0 Å². The number of nitrogens with two attached hydrogens (primary N) is 1. The lowest BCUT2D eigenvalue weighted by Gasteiger charge is -2.37. The Morgan fingerprint density at radius 2 is 1.65 bits per heavy atom. The molecular weight excluding hydrogens is 472 g/mol. The van der Waals surface area contributed by atoms with Gasteiger partial charge in [-0.3, -0.25) is 19.6 Å². The van der Waals surface area contributed by atoms with Crippen molar-refractivity contribution in [2.45, 2.75) is 25.9 Å². The van der Waals surface area contributed by atoms with E-state index in [9.17, 15) is 14.4 Å². The number of likely N-dealkylation sites (tertiary alicyclic amines) is 1. The van der Waals surface area contributed by atoms with E-state index in [1.807, 2.05) is 12.1 Å². The summed E-state index contributed by atoms with van der Waals surface area (Å²) in [7, 11) is 0. The fraction of sp³-hybridized carbons (Fsp3) is 0.538. The largest absolute Gasteiger partial charge is 0.354 e. The molecule has 3 aliphatic rings. The SMILES string of the molecule is CC(C)(N)C(=O)N1CCN(C(=O)Nc2ccn(-c3ccc(CN4C[C@H]5CNC[C@H]5C4)cc3)c(=O)n2)CC1. The zero-order chi connectivity index (χ0) is 26.2. The zero-order valence-corrected chi connectivity index (χ0v) is 21.5. The van der Waals surface area contributed by atoms with E-state index in [2.05, 4.69) is 32.7 Å². The van der Waals surface area contributed by atoms with Crippen LogP contribution in [0.25, 0.3) is 5.69 Å². The predicted octanol–water partition coefficient (Wildman–Crippen LogP) is 0.297. The highest BCUT2D eigenvalue weighted by atomic mass is 16.2. The topological polar surface area (TPSA) is 129 Å². The van der Waals surface area contributed by atoms with Crippen molar-refractivity contribution in [1.82, 2.24) is 29.6 Å². The molecule has 11 heteroatoms. The van der Waals surface area contributed by atoms with Gasteiger partial charge in [0.15, 0.2) is 0 Å². The molecule has 0 saturated carbocycles. The minimum Gasteiger partial charge on any atom is -0.338 e. The summed E-state index contributed by atoms with van der Waals surface area (Å²) in [6.07, 6.45) is 1.62. The Morgan fingerprint density at radius 3 is 2.24 bits per heavy atom. The number of urea groups is 1. The molecule has 3 aliphatic heterocycles. The molecule has 4 heterocycles. The number of fused-ring (bicyclic) bond motifs is 1. The third kappa shape index (κ3) is 5.68. The van der Waals surface area contributed by atoms with Gasteiger partial charge in [0.25, 0.3) is 0 Å². The number of nitrogens with zero attached hydrogens (tertiary/aromatic N) is 5. The molecule has 0 unspecified atom stereocenters. The van der Waals surface area contributed by atoms with Gasteiger partial charge in [-0.1, -0.05) is 12.1 Å². The maximum atomic E-state index is 12.7. The lowest BCUT2D eigenvalue weighted by atomic mass is 10.0. The van der Waals surface area contributed by atoms with E-state index in [-0.39, 0.29) is 17.8 Å². The second-order valence-corrected chi connectivity index (χ2v) is 10.9. The van der Waals surface area contributed by atoms with Crippen molar-refractivity contribution in [3.63, 3.8) is 0 Å². The molecule has 0 radical (unpaired) electrons. The van der Waals surface area contributed by atoms with Crippen LogP contribution in [-0.4, -0.2) is 94.1 Å². The summed E-state index contributed by atoms with van der Waals surface area (Å²) >= 11 is 0. The number of carbonyl (C=O) groups excluding carboxylic acids is 2. The van der Waals surface area contributed by atoms with Crippen LogP contribution in [0.4, 0.5) is 10.6 Å². The third-order valence-electron chi connectivity index (χ3n) is 7.53. The number of rotatable bonds is 5. The van der Waals surface area contributed by atoms with Gasteiger partial charge < -0.3 is 20.9 Å². The molecule has 2 atom stereocenters. The van der Waals surface area contributed by atoms with E-state index in [0.717, 1.165) is 50.2 Å². The summed E-state index contributed by atoms with van der Waals surface area (Å²) in [5, 5.41) is 6.17. The molecule has 3 saturated heterocycles. The normalized spacial score (nSPS) is 22.2. The number of amides is 3. The van der Waals surface area contributed by atoms with Crippen molar-refractivity contribution in [3.8, 4) is 5.69 Å². The maximum absolute atomic E-state index is 12.7. The lowest BCUT2D eigenvalue weighted by molar-refractivity contribution is -0.137. The molecule has 3 fully saturated rings. The van der Waals surface area contributed by atoms with Crippen LogP contribution in [0.1, 0.15) is 19.4 Å². The standard InChI is InChI=1S/C26H36N8O3/c1-26(2,27)23(35)32-9-11-33(12-10-32)24(36)29-22-7-8-34(25(37)30-22)21-5-3-18(4-6-21)15-31-16-19-13-28-14-20(19)17-31/h3-8,19-20,28H,9-17,27H2,1-2H3,(H,29,30,36,37)/t19-,20+. The first-order chi connectivity index (χ1) is 17.7. The summed E-state index contributed by atoms with van der Waals surface area (Å²) in [4.78, 5) is 47.5. The van der Waals surface area contributed by atoms with Gasteiger partial charge in [0.1, 0.15) is 5.82 Å². The second-order valence-electron chi connectivity index (χ2n) is 10.9. The van der Waals surface area contributed by atoms with Gasteiger partial charge in [0.05, 0.1) is 11.2 Å². The first kappa shape index (κ1) is 25.4. The van der Waals surface area contributed by atoms with Gasteiger partial charge in [0.2, 0.25) is 5.91 Å². The zero-order valence-electron chi connectivity index (χ0n) is 21.5. The fourth-order valence-electron chi connectivity index (χ4n) is 5.48. The van der Waals surface area contributed by atoms with Gasteiger partial charge in [-0.2, -0.15) is 4.98 Å². The molecule has 2 aromatic rings. The Balaban J connectivity index is 1.15. The number of nitrogens with one attached hydrogen (secondary N) is 2. The van der Waals surface area contributed by atoms with Gasteiger partial charge in [-0.25, -0.2) is 9.59 Å². The van der Waals surface area contributed by atoms with Crippen molar-refractivity contribution in [2.24, 2.45) is 17.6 Å². The lowest BCUT2D eigenvalue weighted by Crippen LogP contribution is -2.58. The Hall–Kier alpha value is -3.28. The first-order valence-corrected chi connectivity index (χ1v) is 12.9. The van der Waals surface area contributed by atoms with Gasteiger partial charge >= 0.3 is 11.7 Å². The average Bonchev–Trinajstić information content (AvgIpc) is 3.46. The summed E-state index contributed by atoms with van der Waals surface area (Å²) in [6.45, 7) is 10.4. The van der Waals surface area contributed by atoms with E-state index in [4.69, 9.17) is 5.73 Å². The van der Waals surface area contributed by atoms with E-state index < -0.39 is 11.2 Å². The van der Waals surface area contributed by atoms with Crippen LogP contribution in [-0.2, 0) is 11.3 Å².